The fraction of sp³-hybridized carbons (Fsp3) is 0.607. The van der Waals surface area contributed by atoms with E-state index in [-0.39, 0.29) is 49.3 Å². The Morgan fingerprint density at radius 3 is 2.79 bits per heavy atom. The monoisotopic (exact) mass is 603 g/mol. The van der Waals surface area contributed by atoms with Crippen molar-refractivity contribution in [2.45, 2.75) is 100 Å². The molecule has 1 saturated heterocycles. The number of rotatable bonds is 12. The van der Waals surface area contributed by atoms with Gasteiger partial charge in [-0.15, -0.1) is 5.10 Å². The number of aliphatic carboxylic acids is 1. The van der Waals surface area contributed by atoms with Crippen molar-refractivity contribution >= 4 is 34.7 Å². The smallest absolute Gasteiger partial charge is 0.191 e. The van der Waals surface area contributed by atoms with Crippen molar-refractivity contribution in [2.75, 3.05) is 17.7 Å². The number of nitrogens with one attached hydrogen (secondary N) is 1. The number of nitrogens with zero attached hydrogens (tertiary/aromatic N) is 5. The third-order valence-corrected chi connectivity index (χ3v) is 8.83. The Morgan fingerprint density at radius 1 is 1.21 bits per heavy atom. The first-order valence-electron chi connectivity index (χ1n) is 14.3. The third-order valence-electron chi connectivity index (χ3n) is 7.78. The second-order valence-corrected chi connectivity index (χ2v) is 12.5. The largest absolute Gasteiger partial charge is 0.550 e. The molecule has 6 atom stereocenters. The number of halogens is 2. The van der Waals surface area contributed by atoms with Gasteiger partial charge in [0.05, 0.1) is 12.1 Å². The van der Waals surface area contributed by atoms with Gasteiger partial charge in [0.2, 0.25) is 0 Å². The van der Waals surface area contributed by atoms with Gasteiger partial charge in [0.15, 0.2) is 39.6 Å². The second kappa shape index (κ2) is 11.6. The summed E-state index contributed by atoms with van der Waals surface area (Å²) in [5.41, 5.74) is 1.77. The van der Waals surface area contributed by atoms with E-state index in [0.717, 1.165) is 30.2 Å². The van der Waals surface area contributed by atoms with Crippen LogP contribution in [0, 0.1) is 11.6 Å². The molecule has 14 heteroatoms. The molecule has 3 heterocycles. The van der Waals surface area contributed by atoms with Crippen LogP contribution in [0.2, 0.25) is 0 Å². The maximum Gasteiger partial charge on any atom is 0.191 e. The highest BCUT2D eigenvalue weighted by Gasteiger charge is 2.56. The minimum atomic E-state index is -1.11. The van der Waals surface area contributed by atoms with Crippen LogP contribution >= 0.6 is 11.8 Å². The van der Waals surface area contributed by atoms with Crippen LogP contribution < -0.4 is 10.4 Å². The van der Waals surface area contributed by atoms with Gasteiger partial charge in [-0.05, 0) is 57.2 Å². The van der Waals surface area contributed by atoms with Crippen LogP contribution in [0.25, 0.3) is 11.2 Å². The third kappa shape index (κ3) is 5.94. The van der Waals surface area contributed by atoms with Crippen LogP contribution in [0.4, 0.5) is 14.6 Å². The van der Waals surface area contributed by atoms with Gasteiger partial charge in [0.1, 0.15) is 12.2 Å². The zero-order valence-electron chi connectivity index (χ0n) is 23.6. The summed E-state index contributed by atoms with van der Waals surface area (Å²) in [5.74, 6) is -2.29. The number of hydrogen-bond donors (Lipinski definition) is 1. The Kier molecular flexibility index (Phi) is 8.07. The molecule has 2 aliphatic carbocycles. The molecular formula is C28H33F2N6O5S-. The summed E-state index contributed by atoms with van der Waals surface area (Å²) in [5, 5.41) is 23.8. The van der Waals surface area contributed by atoms with E-state index < -0.39 is 23.4 Å². The van der Waals surface area contributed by atoms with Crippen LogP contribution in [0.15, 0.2) is 23.4 Å². The van der Waals surface area contributed by atoms with Crippen molar-refractivity contribution in [3.05, 3.63) is 35.4 Å². The lowest BCUT2D eigenvalue weighted by Crippen LogP contribution is -2.31. The highest BCUT2D eigenvalue weighted by molar-refractivity contribution is 7.99. The van der Waals surface area contributed by atoms with Gasteiger partial charge >= 0.3 is 0 Å². The van der Waals surface area contributed by atoms with E-state index in [1.165, 1.54) is 17.8 Å². The average molecular weight is 604 g/mol. The van der Waals surface area contributed by atoms with Gasteiger partial charge in [0, 0.05) is 36.7 Å². The van der Waals surface area contributed by atoms with Crippen molar-refractivity contribution < 1.29 is 32.9 Å². The van der Waals surface area contributed by atoms with Crippen molar-refractivity contribution in [3.63, 3.8) is 0 Å². The number of anilines is 1. The van der Waals surface area contributed by atoms with Gasteiger partial charge in [-0.1, -0.05) is 30.0 Å². The number of carboxylic acids is 1. The van der Waals surface area contributed by atoms with E-state index in [4.69, 9.17) is 24.2 Å². The fourth-order valence-electron chi connectivity index (χ4n) is 5.80. The molecule has 1 aliphatic heterocycles. The van der Waals surface area contributed by atoms with Crippen molar-refractivity contribution in [1.82, 2.24) is 25.0 Å². The normalized spacial score (nSPS) is 27.8. The lowest BCUT2D eigenvalue weighted by Gasteiger charge is -2.23. The van der Waals surface area contributed by atoms with Gasteiger partial charge in [0.25, 0.3) is 0 Å². The molecular weight excluding hydrogens is 570 g/mol. The van der Waals surface area contributed by atoms with E-state index in [2.05, 4.69) is 22.6 Å². The standard InChI is InChI=1S/C28H34F2N6O5S/c1-4-10-42-27-32-25(31-18-12-15(18)14-7-8-16(29)17(30)11-14)22-26(33-27)36(35-34-22)19-13-20(39-9-5-6-21(37)38)24-23(19)40-28(2,3)41-24/h7-8,11,15,18-20,23-24H,4-6,9-10,12-13H2,1-3H3,(H,37,38)(H,31,32,33)/p-1/t15-,18+,19+,20-,23-,24+/m0/s1. The first kappa shape index (κ1) is 29.1. The summed E-state index contributed by atoms with van der Waals surface area (Å²) in [6, 6.07) is 3.69. The van der Waals surface area contributed by atoms with Crippen LogP contribution in [0.1, 0.15) is 70.4 Å². The number of carbonyl (C=O) groups is 1. The highest BCUT2D eigenvalue weighted by Crippen LogP contribution is 2.47. The molecule has 226 valence electrons. The molecule has 3 fully saturated rings. The molecule has 1 N–H and O–H groups in total. The number of aromatic nitrogens is 5. The molecule has 0 unspecified atom stereocenters. The topological polar surface area (TPSA) is 136 Å². The van der Waals surface area contributed by atoms with Crippen molar-refractivity contribution in [1.29, 1.82) is 0 Å². The molecule has 2 aromatic heterocycles. The van der Waals surface area contributed by atoms with E-state index >= 15 is 0 Å². The molecule has 11 nitrogen and oxygen atoms in total. The summed E-state index contributed by atoms with van der Waals surface area (Å²) in [7, 11) is 0. The number of carbonyl (C=O) groups excluding carboxylic acids is 1. The Bertz CT molecular complexity index is 1470. The molecule has 0 radical (unpaired) electrons. The number of fused-ring (bicyclic) bond motifs is 2. The van der Waals surface area contributed by atoms with Gasteiger partial charge in [-0.25, -0.2) is 23.4 Å². The van der Waals surface area contributed by atoms with Crippen molar-refractivity contribution in [3.8, 4) is 0 Å². The van der Waals surface area contributed by atoms with E-state index in [0.29, 0.717) is 35.0 Å². The van der Waals surface area contributed by atoms with Gasteiger partial charge in [-0.3, -0.25) is 0 Å². The number of benzene rings is 1. The zero-order valence-corrected chi connectivity index (χ0v) is 24.4. The maximum absolute atomic E-state index is 13.8. The van der Waals surface area contributed by atoms with Crippen LogP contribution in [0.5, 0.6) is 0 Å². The summed E-state index contributed by atoms with van der Waals surface area (Å²) < 4.78 is 47.6. The van der Waals surface area contributed by atoms with E-state index in [9.17, 15) is 18.7 Å². The summed E-state index contributed by atoms with van der Waals surface area (Å²) >= 11 is 1.53. The molecule has 3 aliphatic rings. The molecule has 3 aromatic rings. The fourth-order valence-corrected chi connectivity index (χ4v) is 6.49. The Morgan fingerprint density at radius 2 is 2.02 bits per heavy atom. The predicted molar refractivity (Wildman–Crippen MR) is 147 cm³/mol. The Balaban J connectivity index is 1.27. The summed E-state index contributed by atoms with van der Waals surface area (Å²) in [6.07, 6.45) is 1.37. The molecule has 0 spiro atoms. The van der Waals surface area contributed by atoms with Crippen LogP contribution in [-0.2, 0) is 19.0 Å². The predicted octanol–water partition coefficient (Wildman–Crippen LogP) is 3.35. The lowest BCUT2D eigenvalue weighted by atomic mass is 10.1. The van der Waals surface area contributed by atoms with E-state index in [1.54, 1.807) is 10.7 Å². The number of carboxylic acid groups (broad SMARTS) is 1. The SMILES string of the molecule is CCCSc1nc(N[C@@H]2C[C@H]2c2ccc(F)c(F)c2)c2nnn([C@@H]3C[C@H](OCCCC(=O)[O-])[C@H]4OC(C)(C)O[C@H]43)c2n1. The van der Waals surface area contributed by atoms with Crippen LogP contribution in [0.3, 0.4) is 0 Å². The van der Waals surface area contributed by atoms with Gasteiger partial charge in [-0.2, -0.15) is 0 Å². The minimum Gasteiger partial charge on any atom is -0.550 e. The Labute approximate surface area is 245 Å². The average Bonchev–Trinajstić information content (AvgIpc) is 3.28. The lowest BCUT2D eigenvalue weighted by molar-refractivity contribution is -0.306. The Hall–Kier alpha value is -2.94. The zero-order chi connectivity index (χ0) is 29.6. The molecule has 6 rings (SSSR count). The highest BCUT2D eigenvalue weighted by atomic mass is 32.2. The molecule has 2 saturated carbocycles. The summed E-state index contributed by atoms with van der Waals surface area (Å²) in [4.78, 5) is 20.4. The first-order valence-corrected chi connectivity index (χ1v) is 15.3. The minimum absolute atomic E-state index is 0.0172. The van der Waals surface area contributed by atoms with E-state index in [1.807, 2.05) is 13.8 Å². The first-order chi connectivity index (χ1) is 20.1. The molecule has 42 heavy (non-hydrogen) atoms. The van der Waals surface area contributed by atoms with Crippen LogP contribution in [-0.4, -0.2) is 73.4 Å². The number of thioether (sulfide) groups is 1. The van der Waals surface area contributed by atoms with Gasteiger partial charge < -0.3 is 29.4 Å². The summed E-state index contributed by atoms with van der Waals surface area (Å²) in [6.45, 7) is 6.03. The maximum atomic E-state index is 13.8. The molecule has 0 amide bonds. The quantitative estimate of drug-likeness (QED) is 0.185. The number of ether oxygens (including phenoxy) is 3. The molecule has 1 aromatic carbocycles. The number of hydrogen-bond acceptors (Lipinski definition) is 11. The second-order valence-electron chi connectivity index (χ2n) is 11.4. The molecule has 0 bridgehead atoms. The van der Waals surface area contributed by atoms with Crippen molar-refractivity contribution in [2.24, 2.45) is 0 Å².